The van der Waals surface area contributed by atoms with Crippen LogP contribution in [0.4, 0.5) is 4.39 Å². The van der Waals surface area contributed by atoms with E-state index in [0.29, 0.717) is 16.6 Å². The van der Waals surface area contributed by atoms with Gasteiger partial charge in [0.05, 0.1) is 17.0 Å². The molecule has 1 fully saturated rings. The first-order chi connectivity index (χ1) is 18.7. The molecule has 1 saturated carbocycles. The number of halogens is 1. The fourth-order valence-electron chi connectivity index (χ4n) is 5.16. The third-order valence-electron chi connectivity index (χ3n) is 7.43. The Morgan fingerprint density at radius 1 is 1.03 bits per heavy atom. The molecule has 0 N–H and O–H groups in total. The molecule has 0 atom stereocenters. The van der Waals surface area contributed by atoms with Gasteiger partial charge in [0.15, 0.2) is 0 Å². The molecule has 0 saturated heterocycles. The SMILES string of the molecule is CCOC(=O)c1cn(C2CC2)c2cc(-c3ccc4c(c3)CN(S(=O)(=O)c3ccc(C)cc3)C4)c(F)cc2c1=O. The molecule has 6 rings (SSSR count). The van der Waals surface area contributed by atoms with Crippen LogP contribution in [0, 0.1) is 12.7 Å². The van der Waals surface area contributed by atoms with Crippen LogP contribution in [-0.4, -0.2) is 29.9 Å². The van der Waals surface area contributed by atoms with Gasteiger partial charge in [0, 0.05) is 36.3 Å². The van der Waals surface area contributed by atoms with Crippen molar-refractivity contribution in [3.63, 3.8) is 0 Å². The standard InChI is InChI=1S/C30H27FN2O5S/c1-3-38-30(35)26-17-33(22-8-9-22)28-14-24(27(31)13-25(28)29(26)34)19-6-7-20-15-32(16-21(20)12-19)39(36,37)23-10-4-18(2)5-11-23/h4-7,10-14,17,22H,3,8-9,15-16H2,1-2H3. The molecule has 2 aliphatic rings. The number of aromatic nitrogens is 1. The Kier molecular flexibility index (Phi) is 6.15. The third-order valence-corrected chi connectivity index (χ3v) is 9.23. The molecule has 0 unspecified atom stereocenters. The van der Waals surface area contributed by atoms with Gasteiger partial charge in [0.25, 0.3) is 0 Å². The van der Waals surface area contributed by atoms with Crippen molar-refractivity contribution >= 4 is 26.9 Å². The number of hydrogen-bond donors (Lipinski definition) is 0. The van der Waals surface area contributed by atoms with Crippen molar-refractivity contribution in [1.82, 2.24) is 8.87 Å². The zero-order chi connectivity index (χ0) is 27.5. The Morgan fingerprint density at radius 3 is 2.44 bits per heavy atom. The third kappa shape index (κ3) is 4.45. The van der Waals surface area contributed by atoms with Crippen LogP contribution in [0.25, 0.3) is 22.0 Å². The molecule has 7 nitrogen and oxygen atoms in total. The lowest BCUT2D eigenvalue weighted by molar-refractivity contribution is 0.0524. The first-order valence-electron chi connectivity index (χ1n) is 12.9. The van der Waals surface area contributed by atoms with Gasteiger partial charge in [0.1, 0.15) is 11.4 Å². The highest BCUT2D eigenvalue weighted by Crippen LogP contribution is 2.39. The summed E-state index contributed by atoms with van der Waals surface area (Å²) in [5.41, 5.74) is 3.44. The highest BCUT2D eigenvalue weighted by molar-refractivity contribution is 7.89. The van der Waals surface area contributed by atoms with E-state index in [1.807, 2.05) is 23.6 Å². The average Bonchev–Trinajstić information content (AvgIpc) is 3.66. The van der Waals surface area contributed by atoms with Crippen LogP contribution in [0.5, 0.6) is 0 Å². The Balaban J connectivity index is 1.39. The number of hydrogen-bond acceptors (Lipinski definition) is 5. The van der Waals surface area contributed by atoms with Gasteiger partial charge in [-0.3, -0.25) is 4.79 Å². The van der Waals surface area contributed by atoms with Crippen molar-refractivity contribution in [1.29, 1.82) is 0 Å². The van der Waals surface area contributed by atoms with E-state index in [-0.39, 0.29) is 41.6 Å². The molecule has 0 amide bonds. The Morgan fingerprint density at radius 2 is 1.74 bits per heavy atom. The van der Waals surface area contributed by atoms with E-state index >= 15 is 4.39 Å². The zero-order valence-electron chi connectivity index (χ0n) is 21.6. The normalized spacial score (nSPS) is 15.5. The van der Waals surface area contributed by atoms with Gasteiger partial charge in [-0.05, 0) is 73.7 Å². The number of pyridine rings is 1. The van der Waals surface area contributed by atoms with Crippen LogP contribution < -0.4 is 5.43 Å². The van der Waals surface area contributed by atoms with Crippen molar-refractivity contribution in [3.8, 4) is 11.1 Å². The smallest absolute Gasteiger partial charge is 0.343 e. The molecular formula is C30H27FN2O5S. The van der Waals surface area contributed by atoms with Crippen LogP contribution in [-0.2, 0) is 27.8 Å². The minimum atomic E-state index is -3.68. The summed E-state index contributed by atoms with van der Waals surface area (Å²) in [6, 6.07) is 15.1. The summed E-state index contributed by atoms with van der Waals surface area (Å²) in [4.78, 5) is 25.8. The molecule has 0 spiro atoms. The molecule has 1 aromatic heterocycles. The van der Waals surface area contributed by atoms with E-state index < -0.39 is 27.2 Å². The minimum absolute atomic E-state index is 0.101. The van der Waals surface area contributed by atoms with E-state index in [4.69, 9.17) is 4.74 Å². The summed E-state index contributed by atoms with van der Waals surface area (Å²) >= 11 is 0. The van der Waals surface area contributed by atoms with Crippen LogP contribution in [0.15, 0.2) is 70.5 Å². The average molecular weight is 547 g/mol. The maximum atomic E-state index is 15.5. The van der Waals surface area contributed by atoms with Gasteiger partial charge in [-0.25, -0.2) is 17.6 Å². The molecule has 9 heteroatoms. The number of nitrogens with zero attached hydrogens (tertiary/aromatic N) is 2. The monoisotopic (exact) mass is 546 g/mol. The van der Waals surface area contributed by atoms with Crippen LogP contribution in [0.2, 0.25) is 0 Å². The number of aryl methyl sites for hydroxylation is 1. The molecule has 3 aromatic carbocycles. The zero-order valence-corrected chi connectivity index (χ0v) is 22.4. The predicted octanol–water partition coefficient (Wildman–Crippen LogP) is 5.33. The molecule has 1 aliphatic carbocycles. The van der Waals surface area contributed by atoms with E-state index in [2.05, 4.69) is 0 Å². The highest BCUT2D eigenvalue weighted by atomic mass is 32.2. The fourth-order valence-corrected chi connectivity index (χ4v) is 6.56. The Bertz CT molecular complexity index is 1810. The quantitative estimate of drug-likeness (QED) is 0.305. The van der Waals surface area contributed by atoms with Crippen LogP contribution >= 0.6 is 0 Å². The second kappa shape index (κ2) is 9.43. The fraction of sp³-hybridized carbons (Fsp3) is 0.267. The van der Waals surface area contributed by atoms with E-state index in [9.17, 15) is 18.0 Å². The number of esters is 1. The number of carbonyl (C=O) groups excluding carboxylic acids is 1. The summed E-state index contributed by atoms with van der Waals surface area (Å²) in [6.45, 7) is 4.13. The van der Waals surface area contributed by atoms with E-state index in [1.165, 1.54) is 16.6 Å². The van der Waals surface area contributed by atoms with Gasteiger partial charge in [0.2, 0.25) is 15.5 Å². The van der Waals surface area contributed by atoms with Gasteiger partial charge >= 0.3 is 5.97 Å². The predicted molar refractivity (Wildman–Crippen MR) is 145 cm³/mol. The molecular weight excluding hydrogens is 519 g/mol. The summed E-state index contributed by atoms with van der Waals surface area (Å²) in [7, 11) is -3.68. The number of carbonyl (C=O) groups is 1. The largest absolute Gasteiger partial charge is 0.462 e. The molecule has 39 heavy (non-hydrogen) atoms. The molecule has 0 bridgehead atoms. The topological polar surface area (TPSA) is 85.7 Å². The lowest BCUT2D eigenvalue weighted by Gasteiger charge is -2.15. The van der Waals surface area contributed by atoms with Crippen LogP contribution in [0.1, 0.15) is 52.9 Å². The second-order valence-electron chi connectivity index (χ2n) is 10.1. The molecule has 2 heterocycles. The first kappa shape index (κ1) is 25.5. The number of fused-ring (bicyclic) bond motifs is 2. The minimum Gasteiger partial charge on any atom is -0.462 e. The van der Waals surface area contributed by atoms with E-state index in [0.717, 1.165) is 29.5 Å². The van der Waals surface area contributed by atoms with Crippen molar-refractivity contribution in [2.75, 3.05) is 6.61 Å². The van der Waals surface area contributed by atoms with Gasteiger partial charge in [-0.1, -0.05) is 29.8 Å². The van der Waals surface area contributed by atoms with Gasteiger partial charge in [-0.15, -0.1) is 0 Å². The number of rotatable bonds is 6. The lowest BCUT2D eigenvalue weighted by Crippen LogP contribution is -2.25. The maximum absolute atomic E-state index is 15.5. The van der Waals surface area contributed by atoms with Crippen molar-refractivity contribution in [2.45, 2.75) is 50.7 Å². The molecule has 0 radical (unpaired) electrons. The first-order valence-corrected chi connectivity index (χ1v) is 14.4. The van der Waals surface area contributed by atoms with Gasteiger partial charge < -0.3 is 9.30 Å². The van der Waals surface area contributed by atoms with Crippen molar-refractivity contribution in [2.24, 2.45) is 0 Å². The summed E-state index contributed by atoms with van der Waals surface area (Å²) in [6.07, 6.45) is 3.33. The highest BCUT2D eigenvalue weighted by Gasteiger charge is 2.31. The Labute approximate surface area is 225 Å². The number of benzene rings is 3. The Hall–Kier alpha value is -3.82. The lowest BCUT2D eigenvalue weighted by atomic mass is 9.98. The summed E-state index contributed by atoms with van der Waals surface area (Å²) in [5, 5.41) is 0.130. The van der Waals surface area contributed by atoms with Gasteiger partial charge in [-0.2, -0.15) is 4.31 Å². The van der Waals surface area contributed by atoms with E-state index in [1.54, 1.807) is 43.3 Å². The molecule has 1 aliphatic heterocycles. The summed E-state index contributed by atoms with van der Waals surface area (Å²) in [5.74, 6) is -1.31. The van der Waals surface area contributed by atoms with Crippen molar-refractivity contribution in [3.05, 3.63) is 99.1 Å². The number of sulfonamides is 1. The molecule has 4 aromatic rings. The van der Waals surface area contributed by atoms with Crippen LogP contribution in [0.3, 0.4) is 0 Å². The molecule has 200 valence electrons. The second-order valence-corrected chi connectivity index (χ2v) is 12.1. The number of ether oxygens (including phenoxy) is 1. The summed E-state index contributed by atoms with van der Waals surface area (Å²) < 4.78 is 50.3. The van der Waals surface area contributed by atoms with Crippen molar-refractivity contribution < 1.29 is 22.3 Å². The maximum Gasteiger partial charge on any atom is 0.343 e.